The lowest BCUT2D eigenvalue weighted by molar-refractivity contribution is 0.474. The Hall–Kier alpha value is -2.69. The van der Waals surface area contributed by atoms with Gasteiger partial charge in [-0.25, -0.2) is 16.8 Å². The molecule has 11 heteroatoms. The van der Waals surface area contributed by atoms with Crippen LogP contribution in [-0.4, -0.2) is 27.1 Å². The molecular formula is C20H17BrN4O4S2. The molecule has 0 bridgehead atoms. The lowest BCUT2D eigenvalue weighted by Gasteiger charge is -2.25. The summed E-state index contributed by atoms with van der Waals surface area (Å²) >= 11 is 3.35. The first kappa shape index (κ1) is 23.0. The van der Waals surface area contributed by atoms with Crippen molar-refractivity contribution in [1.82, 2.24) is 3.71 Å². The van der Waals surface area contributed by atoms with Crippen molar-refractivity contribution in [3.8, 4) is 0 Å². The molecule has 0 fully saturated rings. The topological polar surface area (TPSA) is 120 Å². The van der Waals surface area contributed by atoms with E-state index in [9.17, 15) is 16.8 Å². The van der Waals surface area contributed by atoms with E-state index < -0.39 is 32.6 Å². The maximum absolute atomic E-state index is 13.4. The summed E-state index contributed by atoms with van der Waals surface area (Å²) in [5.41, 5.74) is 9.52. The Morgan fingerprint density at radius 2 is 1.26 bits per heavy atom. The monoisotopic (exact) mass is 520 g/mol. The normalized spacial score (nSPS) is 12.8. The number of benzene rings is 3. The number of hydrogen-bond donors (Lipinski definition) is 0. The molecule has 0 aliphatic carbocycles. The molecule has 8 nitrogen and oxygen atoms in total. The smallest absolute Gasteiger partial charge is 0.206 e. The zero-order valence-corrected chi connectivity index (χ0v) is 19.2. The van der Waals surface area contributed by atoms with Crippen LogP contribution in [0.1, 0.15) is 11.6 Å². The highest BCUT2D eigenvalue weighted by Crippen LogP contribution is 2.32. The quantitative estimate of drug-likeness (QED) is 0.238. The molecule has 1 atom stereocenters. The summed E-state index contributed by atoms with van der Waals surface area (Å²) in [6.45, 7) is -0.610. The molecule has 3 rings (SSSR count). The highest BCUT2D eigenvalue weighted by molar-refractivity contribution is 9.10. The molecule has 0 aliphatic heterocycles. The van der Waals surface area contributed by atoms with Gasteiger partial charge >= 0.3 is 0 Å². The number of sulfonamides is 2. The second-order valence-corrected chi connectivity index (χ2v) is 11.1. The van der Waals surface area contributed by atoms with Crippen LogP contribution >= 0.6 is 15.9 Å². The SMILES string of the molecule is [N-]=[N+]=NC(CN(S(=O)(=O)c1ccccc1)S(=O)(=O)c1ccccc1)c1ccccc1Br. The minimum atomic E-state index is -4.49. The van der Waals surface area contributed by atoms with E-state index in [2.05, 4.69) is 26.0 Å². The van der Waals surface area contributed by atoms with Gasteiger partial charge in [-0.15, -0.1) is 0 Å². The standard InChI is InChI=1S/C20H17BrN4O4S2/c21-19-14-8-7-13-18(19)20(23-24-22)15-25(30(26,27)16-9-3-1-4-10-16)31(28,29)17-11-5-2-6-12-17/h1-14,20H,15H2. The minimum Gasteiger partial charge on any atom is -0.206 e. The van der Waals surface area contributed by atoms with Crippen LogP contribution < -0.4 is 0 Å². The molecule has 3 aromatic rings. The van der Waals surface area contributed by atoms with Gasteiger partial charge < -0.3 is 0 Å². The van der Waals surface area contributed by atoms with E-state index in [0.29, 0.717) is 13.7 Å². The van der Waals surface area contributed by atoms with Crippen molar-refractivity contribution in [1.29, 1.82) is 0 Å². The van der Waals surface area contributed by atoms with Crippen LogP contribution in [0.2, 0.25) is 0 Å². The molecule has 31 heavy (non-hydrogen) atoms. The molecule has 1 unspecified atom stereocenters. The minimum absolute atomic E-state index is 0.193. The number of halogens is 1. The maximum Gasteiger partial charge on any atom is 0.256 e. The van der Waals surface area contributed by atoms with Crippen molar-refractivity contribution in [3.63, 3.8) is 0 Å². The van der Waals surface area contributed by atoms with Gasteiger partial charge in [0.2, 0.25) is 0 Å². The Morgan fingerprint density at radius 3 is 1.71 bits per heavy atom. The molecule has 3 aromatic carbocycles. The van der Waals surface area contributed by atoms with Gasteiger partial charge in [0.15, 0.2) is 0 Å². The van der Waals surface area contributed by atoms with Crippen molar-refractivity contribution >= 4 is 36.0 Å². The van der Waals surface area contributed by atoms with Crippen LogP contribution in [0.15, 0.2) is 104 Å². The zero-order valence-electron chi connectivity index (χ0n) is 16.0. The van der Waals surface area contributed by atoms with Crippen LogP contribution in [0.5, 0.6) is 0 Å². The van der Waals surface area contributed by atoms with E-state index in [4.69, 9.17) is 5.53 Å². The van der Waals surface area contributed by atoms with Crippen LogP contribution in [0.3, 0.4) is 0 Å². The number of hydrogen-bond acceptors (Lipinski definition) is 5. The maximum atomic E-state index is 13.4. The summed E-state index contributed by atoms with van der Waals surface area (Å²) in [6, 6.07) is 20.1. The Balaban J connectivity index is 2.19. The molecule has 0 radical (unpaired) electrons. The third-order valence-electron chi connectivity index (χ3n) is 4.40. The third kappa shape index (κ3) is 4.97. The molecule has 0 saturated heterocycles. The van der Waals surface area contributed by atoms with Gasteiger partial charge in [0, 0.05) is 15.9 Å². The molecule has 0 heterocycles. The number of azide groups is 1. The fourth-order valence-corrected chi connectivity index (χ4v) is 7.14. The molecule has 0 aliphatic rings. The molecule has 0 spiro atoms. The summed E-state index contributed by atoms with van der Waals surface area (Å²) in [7, 11) is -8.99. The Kier molecular flexibility index (Phi) is 7.14. The molecular weight excluding hydrogens is 504 g/mol. The second kappa shape index (κ2) is 9.63. The van der Waals surface area contributed by atoms with E-state index in [-0.39, 0.29) is 9.79 Å². The Morgan fingerprint density at radius 1 is 0.806 bits per heavy atom. The van der Waals surface area contributed by atoms with Gasteiger partial charge in [-0.2, -0.15) is 0 Å². The molecule has 0 N–H and O–H groups in total. The zero-order chi connectivity index (χ0) is 22.5. The van der Waals surface area contributed by atoms with E-state index in [1.807, 2.05) is 0 Å². The molecule has 160 valence electrons. The van der Waals surface area contributed by atoms with Crippen molar-refractivity contribution in [3.05, 3.63) is 105 Å². The fourth-order valence-electron chi connectivity index (χ4n) is 2.89. The van der Waals surface area contributed by atoms with Crippen molar-refractivity contribution < 1.29 is 16.8 Å². The summed E-state index contributed by atoms with van der Waals surface area (Å²) in [5.74, 6) is 0. The average Bonchev–Trinajstić information content (AvgIpc) is 2.78. The van der Waals surface area contributed by atoms with E-state index in [1.54, 1.807) is 36.4 Å². The van der Waals surface area contributed by atoms with Crippen molar-refractivity contribution in [2.75, 3.05) is 6.54 Å². The Bertz CT molecular complexity index is 1240. The van der Waals surface area contributed by atoms with Crippen LogP contribution in [0.4, 0.5) is 0 Å². The van der Waals surface area contributed by atoms with E-state index >= 15 is 0 Å². The second-order valence-electron chi connectivity index (χ2n) is 6.33. The molecule has 0 amide bonds. The first-order valence-corrected chi connectivity index (χ1v) is 12.6. The average molecular weight is 521 g/mol. The molecule has 0 aromatic heterocycles. The summed E-state index contributed by atoms with van der Waals surface area (Å²) in [5, 5.41) is 3.69. The first-order valence-electron chi connectivity index (χ1n) is 8.95. The highest BCUT2D eigenvalue weighted by Gasteiger charge is 2.38. The van der Waals surface area contributed by atoms with Crippen LogP contribution in [0, 0.1) is 0 Å². The van der Waals surface area contributed by atoms with Gasteiger partial charge in [-0.1, -0.05) is 79.4 Å². The van der Waals surface area contributed by atoms with Crippen molar-refractivity contribution in [2.45, 2.75) is 15.8 Å². The fraction of sp³-hybridized carbons (Fsp3) is 0.100. The van der Waals surface area contributed by atoms with Crippen LogP contribution in [-0.2, 0) is 20.0 Å². The summed E-state index contributed by atoms with van der Waals surface area (Å²) in [6.07, 6.45) is 0. The van der Waals surface area contributed by atoms with Crippen molar-refractivity contribution in [2.24, 2.45) is 5.11 Å². The number of nitrogens with zero attached hydrogens (tertiary/aromatic N) is 4. The molecule has 0 saturated carbocycles. The van der Waals surface area contributed by atoms with Gasteiger partial charge in [0.05, 0.1) is 15.8 Å². The number of rotatable bonds is 8. The lowest BCUT2D eigenvalue weighted by Crippen LogP contribution is -2.39. The predicted molar refractivity (Wildman–Crippen MR) is 120 cm³/mol. The van der Waals surface area contributed by atoms with E-state index in [1.165, 1.54) is 48.5 Å². The highest BCUT2D eigenvalue weighted by atomic mass is 79.9. The lowest BCUT2D eigenvalue weighted by atomic mass is 10.1. The third-order valence-corrected chi connectivity index (χ3v) is 9.40. The van der Waals surface area contributed by atoms with Gasteiger partial charge in [-0.05, 0) is 41.4 Å². The largest absolute Gasteiger partial charge is 0.256 e. The van der Waals surface area contributed by atoms with Crippen LogP contribution in [0.25, 0.3) is 10.4 Å². The van der Waals surface area contributed by atoms with Gasteiger partial charge in [-0.3, -0.25) is 0 Å². The summed E-state index contributed by atoms with van der Waals surface area (Å²) in [4.78, 5) is 2.42. The summed E-state index contributed by atoms with van der Waals surface area (Å²) < 4.78 is 54.6. The van der Waals surface area contributed by atoms with E-state index in [0.717, 1.165) is 0 Å². The first-order chi connectivity index (χ1) is 14.8. The van der Waals surface area contributed by atoms with Gasteiger partial charge in [0.25, 0.3) is 20.0 Å². The van der Waals surface area contributed by atoms with Gasteiger partial charge in [0.1, 0.15) is 0 Å². The predicted octanol–water partition coefficient (Wildman–Crippen LogP) is 4.88. The Labute approximate surface area is 189 Å².